The fraction of sp³-hybridized carbons (Fsp3) is 0.500. The van der Waals surface area contributed by atoms with Crippen molar-refractivity contribution >= 4 is 6.29 Å². The Morgan fingerprint density at radius 1 is 1.60 bits per heavy atom. The van der Waals surface area contributed by atoms with Gasteiger partial charge in [0.05, 0.1) is 0 Å². The molecule has 1 N–H and O–H groups in total. The smallest absolute Gasteiger partial charge is 0.870 e. The molecule has 26 valence electrons. The largest absolute Gasteiger partial charge is 1.00 e. The van der Waals surface area contributed by atoms with Gasteiger partial charge < -0.3 is 10.3 Å². The Kier molecular flexibility index (Phi) is 80.1. The van der Waals surface area contributed by atoms with Crippen LogP contribution in [0.2, 0.25) is 0 Å². The summed E-state index contributed by atoms with van der Waals surface area (Å²) in [5.41, 5.74) is 0. The fourth-order valence-corrected chi connectivity index (χ4v) is 0. The van der Waals surface area contributed by atoms with Gasteiger partial charge in [-0.1, -0.05) is 0 Å². The van der Waals surface area contributed by atoms with Crippen molar-refractivity contribution in [2.75, 3.05) is 0 Å². The molecule has 0 atom stereocenters. The Morgan fingerprint density at radius 2 is 1.60 bits per heavy atom. The van der Waals surface area contributed by atoms with Gasteiger partial charge in [-0.05, 0) is 6.92 Å². The maximum Gasteiger partial charge on any atom is 1.00 e. The maximum absolute atomic E-state index is 8.81. The summed E-state index contributed by atoms with van der Waals surface area (Å²) in [5, 5.41) is 0. The Bertz CT molecular complexity index is 15.1. The van der Waals surface area contributed by atoms with Crippen molar-refractivity contribution < 1.29 is 39.8 Å². The molecule has 3 heteroatoms. The minimum atomic E-state index is 0. The van der Waals surface area contributed by atoms with E-state index in [-0.39, 0.29) is 35.0 Å². The van der Waals surface area contributed by atoms with Crippen LogP contribution < -0.4 is 29.6 Å². The van der Waals surface area contributed by atoms with Gasteiger partial charge in [-0.15, -0.1) is 0 Å². The Labute approximate surface area is 53.2 Å². The second-order valence-electron chi connectivity index (χ2n) is 0.236. The summed E-state index contributed by atoms with van der Waals surface area (Å²) in [6, 6.07) is 0. The van der Waals surface area contributed by atoms with Crippen molar-refractivity contribution in [1.29, 1.82) is 0 Å². The molecule has 0 aliphatic rings. The fourth-order valence-electron chi connectivity index (χ4n) is 0. The van der Waals surface area contributed by atoms with Crippen molar-refractivity contribution in [3.05, 3.63) is 0 Å². The van der Waals surface area contributed by atoms with Crippen LogP contribution in [0.4, 0.5) is 0 Å². The number of carbonyl (C=O) groups is 1. The molecule has 0 saturated carbocycles. The van der Waals surface area contributed by atoms with Crippen molar-refractivity contribution in [3.63, 3.8) is 0 Å². The third-order valence-electron chi connectivity index (χ3n) is 0. The third-order valence-corrected chi connectivity index (χ3v) is 0. The molecule has 0 unspecified atom stereocenters. The van der Waals surface area contributed by atoms with E-state index in [0.717, 1.165) is 6.29 Å². The number of hydrogen-bond donors (Lipinski definition) is 0. The molecule has 0 fully saturated rings. The molecule has 0 aromatic rings. The number of hydrogen-bond acceptors (Lipinski definition) is 2. The first-order chi connectivity index (χ1) is 1.41. The zero-order chi connectivity index (χ0) is 2.71. The number of aldehydes is 1. The first-order valence-electron chi connectivity index (χ1n) is 0.813. The van der Waals surface area contributed by atoms with Crippen LogP contribution >= 0.6 is 0 Å². The predicted octanol–water partition coefficient (Wildman–Crippen LogP) is -2.97. The minimum absolute atomic E-state index is 0. The van der Waals surface area contributed by atoms with E-state index in [4.69, 9.17) is 4.79 Å². The van der Waals surface area contributed by atoms with Crippen LogP contribution in [0.3, 0.4) is 0 Å². The monoisotopic (exact) mass is 84.0 g/mol. The van der Waals surface area contributed by atoms with Crippen LogP contribution in [0.1, 0.15) is 6.92 Å². The molecule has 0 saturated heterocycles. The van der Waals surface area contributed by atoms with Gasteiger partial charge in [0.15, 0.2) is 0 Å². The van der Waals surface area contributed by atoms with E-state index >= 15 is 0 Å². The molecule has 0 aliphatic carbocycles. The quantitative estimate of drug-likeness (QED) is 0.232. The minimum Gasteiger partial charge on any atom is -0.870 e. The summed E-state index contributed by atoms with van der Waals surface area (Å²) in [7, 11) is 0. The van der Waals surface area contributed by atoms with Crippen LogP contribution in [-0.4, -0.2) is 11.8 Å². The SMILES string of the molecule is CC=O.[Na+].[OH-]. The van der Waals surface area contributed by atoms with Crippen molar-refractivity contribution in [1.82, 2.24) is 0 Å². The summed E-state index contributed by atoms with van der Waals surface area (Å²) in [5.74, 6) is 0. The summed E-state index contributed by atoms with van der Waals surface area (Å²) in [4.78, 5) is 8.81. The van der Waals surface area contributed by atoms with Crippen LogP contribution in [0.5, 0.6) is 0 Å². The van der Waals surface area contributed by atoms with E-state index < -0.39 is 0 Å². The molecule has 0 radical (unpaired) electrons. The van der Waals surface area contributed by atoms with E-state index in [1.165, 1.54) is 6.92 Å². The normalized spacial score (nSPS) is 2.60. The first kappa shape index (κ1) is 17.4. The van der Waals surface area contributed by atoms with Gasteiger partial charge in [-0.3, -0.25) is 0 Å². The van der Waals surface area contributed by atoms with Crippen LogP contribution in [-0.2, 0) is 4.79 Å². The molecule has 0 aromatic carbocycles. The van der Waals surface area contributed by atoms with Crippen molar-refractivity contribution in [3.8, 4) is 0 Å². The average Bonchev–Trinajstić information content (AvgIpc) is 0.918. The first-order valence-corrected chi connectivity index (χ1v) is 0.813. The van der Waals surface area contributed by atoms with E-state index in [2.05, 4.69) is 0 Å². The Balaban J connectivity index is -0.0000000200. The van der Waals surface area contributed by atoms with Gasteiger partial charge in [0.2, 0.25) is 0 Å². The second kappa shape index (κ2) is 23.0. The Hall–Kier alpha value is 0.630. The Morgan fingerprint density at radius 3 is 1.60 bits per heavy atom. The molecule has 2 nitrogen and oxygen atoms in total. The van der Waals surface area contributed by atoms with Gasteiger partial charge in [0, 0.05) is 0 Å². The molecular formula is C2H5NaO2. The molecule has 0 amide bonds. The zero-order valence-electron chi connectivity index (χ0n) is 3.43. The van der Waals surface area contributed by atoms with E-state index in [0.29, 0.717) is 0 Å². The van der Waals surface area contributed by atoms with Gasteiger partial charge in [0.25, 0.3) is 0 Å². The predicted molar refractivity (Wildman–Crippen MR) is 13.7 cm³/mol. The summed E-state index contributed by atoms with van der Waals surface area (Å²) in [6.45, 7) is 1.44. The van der Waals surface area contributed by atoms with Gasteiger partial charge in [-0.25, -0.2) is 0 Å². The van der Waals surface area contributed by atoms with Crippen LogP contribution in [0.15, 0.2) is 0 Å². The molecule has 0 aromatic heterocycles. The van der Waals surface area contributed by atoms with Crippen molar-refractivity contribution in [2.45, 2.75) is 6.92 Å². The van der Waals surface area contributed by atoms with E-state index in [1.807, 2.05) is 0 Å². The number of rotatable bonds is 0. The molecule has 0 bridgehead atoms. The van der Waals surface area contributed by atoms with Crippen LogP contribution in [0.25, 0.3) is 0 Å². The molecule has 0 rings (SSSR count). The summed E-state index contributed by atoms with van der Waals surface area (Å²) >= 11 is 0. The summed E-state index contributed by atoms with van der Waals surface area (Å²) < 4.78 is 0. The van der Waals surface area contributed by atoms with E-state index in [1.54, 1.807) is 0 Å². The molecule has 0 aliphatic heterocycles. The topological polar surface area (TPSA) is 47.1 Å². The third kappa shape index (κ3) is 80.7. The second-order valence-corrected chi connectivity index (χ2v) is 0.236. The van der Waals surface area contributed by atoms with E-state index in [9.17, 15) is 0 Å². The molecule has 0 heterocycles. The molecule has 0 spiro atoms. The molecule has 5 heavy (non-hydrogen) atoms. The van der Waals surface area contributed by atoms with Gasteiger partial charge in [0.1, 0.15) is 6.29 Å². The van der Waals surface area contributed by atoms with Crippen molar-refractivity contribution in [2.24, 2.45) is 0 Å². The van der Waals surface area contributed by atoms with Gasteiger partial charge in [-0.2, -0.15) is 0 Å². The summed E-state index contributed by atoms with van der Waals surface area (Å²) in [6.07, 6.45) is 0.750. The average molecular weight is 84.0 g/mol. The van der Waals surface area contributed by atoms with Crippen LogP contribution in [0, 0.1) is 0 Å². The number of carbonyl (C=O) groups excluding carboxylic acids is 1. The molecular weight excluding hydrogens is 79.0 g/mol. The zero-order valence-corrected chi connectivity index (χ0v) is 5.43. The standard InChI is InChI=1S/C2H4O.Na.H2O/c1-2-3;;/h2H,1H3;;1H2/q;+1;/p-1. The maximum atomic E-state index is 8.81. The van der Waals surface area contributed by atoms with Gasteiger partial charge >= 0.3 is 29.6 Å².